The Hall–Kier alpha value is -0.570. The zero-order valence-electron chi connectivity index (χ0n) is 7.05. The Morgan fingerprint density at radius 3 is 2.45 bits per heavy atom. The van der Waals surface area contributed by atoms with Crippen molar-refractivity contribution in [3.05, 3.63) is 0 Å². The average Bonchev–Trinajstić information content (AvgIpc) is 2.09. The van der Waals surface area contributed by atoms with Gasteiger partial charge in [0.1, 0.15) is 0 Å². The van der Waals surface area contributed by atoms with Crippen molar-refractivity contribution in [2.75, 3.05) is 19.6 Å². The fraction of sp³-hybridized carbons (Fsp3) is 0.875. The summed E-state index contributed by atoms with van der Waals surface area (Å²) in [5.74, 6) is 0. The number of hydrogen-bond donors (Lipinski definition) is 0. The molecule has 0 aromatic carbocycles. The van der Waals surface area contributed by atoms with Gasteiger partial charge in [-0.05, 0) is 19.8 Å². The molecule has 0 aromatic rings. The van der Waals surface area contributed by atoms with Crippen LogP contribution >= 0.6 is 0 Å². The van der Waals surface area contributed by atoms with Crippen molar-refractivity contribution in [1.82, 2.24) is 10.0 Å². The van der Waals surface area contributed by atoms with E-state index in [2.05, 4.69) is 5.01 Å². The third-order valence-corrected chi connectivity index (χ3v) is 2.08. The minimum absolute atomic E-state index is 0.740. The predicted molar refractivity (Wildman–Crippen MR) is 43.5 cm³/mol. The van der Waals surface area contributed by atoms with Crippen LogP contribution in [0.25, 0.3) is 0 Å². The van der Waals surface area contributed by atoms with E-state index in [0.717, 1.165) is 19.6 Å². The maximum absolute atomic E-state index is 10.4. The molecule has 1 aliphatic rings. The van der Waals surface area contributed by atoms with Crippen LogP contribution < -0.4 is 0 Å². The Morgan fingerprint density at radius 2 is 2.00 bits per heavy atom. The summed E-state index contributed by atoms with van der Waals surface area (Å²) < 4.78 is 0. The van der Waals surface area contributed by atoms with E-state index in [-0.39, 0.29) is 0 Å². The Morgan fingerprint density at radius 1 is 1.36 bits per heavy atom. The summed E-state index contributed by atoms with van der Waals surface area (Å²) in [6.07, 6.45) is 5.64. The van der Waals surface area contributed by atoms with E-state index in [1.54, 1.807) is 5.01 Å². The van der Waals surface area contributed by atoms with Crippen LogP contribution in [0.15, 0.2) is 0 Å². The molecule has 1 saturated heterocycles. The highest BCUT2D eigenvalue weighted by atomic mass is 16.1. The second-order valence-corrected chi connectivity index (χ2v) is 2.82. The maximum atomic E-state index is 10.4. The first-order chi connectivity index (χ1) is 5.38. The summed E-state index contributed by atoms with van der Waals surface area (Å²) in [5.41, 5.74) is 0. The van der Waals surface area contributed by atoms with E-state index >= 15 is 0 Å². The van der Waals surface area contributed by atoms with Crippen LogP contribution in [0.2, 0.25) is 0 Å². The number of hydrogen-bond acceptors (Lipinski definition) is 2. The fourth-order valence-corrected chi connectivity index (χ4v) is 1.44. The first-order valence-electron chi connectivity index (χ1n) is 4.28. The Bertz CT molecular complexity index is 121. The van der Waals surface area contributed by atoms with Crippen molar-refractivity contribution in [3.63, 3.8) is 0 Å². The van der Waals surface area contributed by atoms with Crippen LogP contribution in [0, 0.1) is 0 Å². The molecule has 0 aliphatic carbocycles. The van der Waals surface area contributed by atoms with Gasteiger partial charge < -0.3 is 0 Å². The summed E-state index contributed by atoms with van der Waals surface area (Å²) in [6, 6.07) is 0. The molecule has 0 N–H and O–H groups in total. The van der Waals surface area contributed by atoms with Gasteiger partial charge in [0.05, 0.1) is 0 Å². The highest BCUT2D eigenvalue weighted by Gasteiger charge is 2.14. The molecule has 0 spiro atoms. The molecule has 0 aromatic heterocycles. The number of amides is 1. The minimum Gasteiger partial charge on any atom is -0.267 e. The van der Waals surface area contributed by atoms with Gasteiger partial charge in [-0.3, -0.25) is 9.80 Å². The Balaban J connectivity index is 2.35. The van der Waals surface area contributed by atoms with E-state index in [4.69, 9.17) is 0 Å². The normalized spacial score (nSPS) is 19.7. The average molecular weight is 155 g/mol. The van der Waals surface area contributed by atoms with Crippen LogP contribution in [0.4, 0.5) is 0 Å². The summed E-state index contributed by atoms with van der Waals surface area (Å²) in [4.78, 5) is 10.4. The van der Waals surface area contributed by atoms with Gasteiger partial charge in [-0.15, -0.1) is 0 Å². The van der Waals surface area contributed by atoms with Crippen LogP contribution in [-0.4, -0.2) is 36.1 Å². The lowest BCUT2D eigenvalue weighted by atomic mass is 10.2. The monoisotopic (exact) mass is 155 g/mol. The van der Waals surface area contributed by atoms with Crippen LogP contribution in [0.5, 0.6) is 0 Å². The van der Waals surface area contributed by atoms with Gasteiger partial charge >= 0.3 is 6.41 Å². The van der Waals surface area contributed by atoms with Crippen molar-refractivity contribution >= 4 is 6.41 Å². The summed E-state index contributed by atoms with van der Waals surface area (Å²) >= 11 is 0. The fourth-order valence-electron chi connectivity index (χ4n) is 1.44. The number of rotatable bonds is 3. The standard InChI is InChI=1S/C8H15N2O/c1-2-9(8-11)10-6-4-3-5-7-10/h2-7H2,1H3. The third kappa shape index (κ3) is 2.19. The molecule has 1 amide bonds. The topological polar surface area (TPSA) is 23.6 Å². The molecule has 0 unspecified atom stereocenters. The SMILES string of the molecule is CCN([C]=O)N1CCCCC1. The molecule has 3 nitrogen and oxygen atoms in total. The Labute approximate surface area is 67.9 Å². The highest BCUT2D eigenvalue weighted by molar-refractivity contribution is 5.47. The quantitative estimate of drug-likeness (QED) is 0.562. The van der Waals surface area contributed by atoms with E-state index in [0.29, 0.717) is 0 Å². The zero-order valence-corrected chi connectivity index (χ0v) is 7.05. The molecule has 0 atom stereocenters. The molecule has 3 heteroatoms. The minimum atomic E-state index is 0.740. The highest BCUT2D eigenvalue weighted by Crippen LogP contribution is 2.09. The van der Waals surface area contributed by atoms with Gasteiger partial charge in [0.15, 0.2) is 0 Å². The lowest BCUT2D eigenvalue weighted by Gasteiger charge is -2.33. The third-order valence-electron chi connectivity index (χ3n) is 2.08. The van der Waals surface area contributed by atoms with Crippen molar-refractivity contribution in [2.45, 2.75) is 26.2 Å². The van der Waals surface area contributed by atoms with Crippen molar-refractivity contribution < 1.29 is 4.79 Å². The van der Waals surface area contributed by atoms with Gasteiger partial charge in [0, 0.05) is 19.6 Å². The van der Waals surface area contributed by atoms with Crippen LogP contribution in [0.3, 0.4) is 0 Å². The molecular formula is C8H15N2O. The molecule has 1 rings (SSSR count). The van der Waals surface area contributed by atoms with Gasteiger partial charge in [-0.1, -0.05) is 6.42 Å². The number of carbonyl (C=O) groups excluding carboxylic acids is 1. The predicted octanol–water partition coefficient (Wildman–Crippen LogP) is 0.776. The molecule has 63 valence electrons. The van der Waals surface area contributed by atoms with Crippen molar-refractivity contribution in [3.8, 4) is 0 Å². The van der Waals surface area contributed by atoms with Gasteiger partial charge in [-0.25, -0.2) is 5.01 Å². The first-order valence-corrected chi connectivity index (χ1v) is 4.28. The molecule has 11 heavy (non-hydrogen) atoms. The first kappa shape index (κ1) is 8.53. The van der Waals surface area contributed by atoms with Crippen molar-refractivity contribution in [2.24, 2.45) is 0 Å². The second kappa shape index (κ2) is 4.34. The second-order valence-electron chi connectivity index (χ2n) is 2.82. The molecule has 0 saturated carbocycles. The lowest BCUT2D eigenvalue weighted by Crippen LogP contribution is -2.44. The summed E-state index contributed by atoms with van der Waals surface area (Å²) in [5, 5.41) is 3.72. The molecule has 1 heterocycles. The summed E-state index contributed by atoms with van der Waals surface area (Å²) in [7, 11) is 0. The van der Waals surface area contributed by atoms with E-state index in [1.165, 1.54) is 19.3 Å². The molecule has 1 radical (unpaired) electrons. The van der Waals surface area contributed by atoms with Gasteiger partial charge in [-0.2, -0.15) is 0 Å². The van der Waals surface area contributed by atoms with E-state index < -0.39 is 0 Å². The number of piperidine rings is 1. The zero-order chi connectivity index (χ0) is 8.10. The van der Waals surface area contributed by atoms with Crippen molar-refractivity contribution in [1.29, 1.82) is 0 Å². The van der Waals surface area contributed by atoms with Crippen LogP contribution in [0.1, 0.15) is 26.2 Å². The maximum Gasteiger partial charge on any atom is 0.327 e. The molecule has 1 aliphatic heterocycles. The molecule has 1 fully saturated rings. The number of hydrazine groups is 1. The van der Waals surface area contributed by atoms with Gasteiger partial charge in [0.2, 0.25) is 0 Å². The van der Waals surface area contributed by atoms with E-state index in [1.807, 2.05) is 13.3 Å². The largest absolute Gasteiger partial charge is 0.327 e. The summed E-state index contributed by atoms with van der Waals surface area (Å²) in [6.45, 7) is 4.75. The smallest absolute Gasteiger partial charge is 0.267 e. The molecular weight excluding hydrogens is 140 g/mol. The van der Waals surface area contributed by atoms with Gasteiger partial charge in [0.25, 0.3) is 0 Å². The van der Waals surface area contributed by atoms with E-state index in [9.17, 15) is 4.79 Å². The lowest BCUT2D eigenvalue weighted by molar-refractivity contribution is 0.0273. The number of nitrogens with zero attached hydrogens (tertiary/aromatic N) is 2. The molecule has 0 bridgehead atoms. The Kier molecular flexibility index (Phi) is 3.36. The van der Waals surface area contributed by atoms with Crippen LogP contribution in [-0.2, 0) is 4.79 Å².